The van der Waals surface area contributed by atoms with E-state index >= 15 is 0 Å². The van der Waals surface area contributed by atoms with Crippen molar-refractivity contribution in [2.75, 3.05) is 0 Å². The van der Waals surface area contributed by atoms with Gasteiger partial charge in [0.1, 0.15) is 0 Å². The summed E-state index contributed by atoms with van der Waals surface area (Å²) in [7, 11) is 0. The molecule has 144 valence electrons. The summed E-state index contributed by atoms with van der Waals surface area (Å²) in [5.41, 5.74) is 3.73. The zero-order valence-corrected chi connectivity index (χ0v) is 18.7. The highest BCUT2D eigenvalue weighted by Gasteiger charge is 2.07. The molecule has 0 spiro atoms. The Balaban J connectivity index is 0.000000556. The lowest BCUT2D eigenvalue weighted by Gasteiger charge is -2.01. The zero-order valence-electron chi connectivity index (χ0n) is 17.8. The van der Waals surface area contributed by atoms with E-state index in [2.05, 4.69) is 67.6 Å². The molecule has 0 radical (unpaired) electrons. The van der Waals surface area contributed by atoms with E-state index in [4.69, 9.17) is 4.98 Å². The molecule has 0 saturated heterocycles. The second-order valence-electron chi connectivity index (χ2n) is 5.39. The zero-order chi connectivity index (χ0) is 20.2. The first-order valence-corrected chi connectivity index (χ1v) is 10.9. The molecule has 3 aromatic carbocycles. The SMILES string of the molecule is CC.CC.CC.Cc1cccc2sc(Cc3ccc4ccccc4c3)nc12. The molecule has 0 aliphatic heterocycles. The first-order valence-electron chi connectivity index (χ1n) is 10.1. The molecular weight excluding hydrogens is 346 g/mol. The van der Waals surface area contributed by atoms with Crippen LogP contribution in [-0.2, 0) is 6.42 Å². The molecule has 4 aromatic rings. The Labute approximate surface area is 169 Å². The molecule has 2 heteroatoms. The maximum atomic E-state index is 4.81. The number of fused-ring (bicyclic) bond motifs is 2. The average Bonchev–Trinajstić information content (AvgIpc) is 3.16. The van der Waals surface area contributed by atoms with Crippen molar-refractivity contribution in [1.82, 2.24) is 4.98 Å². The fraction of sp³-hybridized carbons (Fsp3) is 0.320. The highest BCUT2D eigenvalue weighted by atomic mass is 32.1. The molecule has 0 aliphatic carbocycles. The molecule has 0 bridgehead atoms. The third-order valence-electron chi connectivity index (χ3n) is 3.83. The molecule has 1 aromatic heterocycles. The smallest absolute Gasteiger partial charge is 0.0982 e. The number of nitrogens with zero attached hydrogens (tertiary/aromatic N) is 1. The lowest BCUT2D eigenvalue weighted by atomic mass is 10.1. The minimum atomic E-state index is 0.906. The summed E-state index contributed by atoms with van der Waals surface area (Å²) in [5.74, 6) is 0. The van der Waals surface area contributed by atoms with Crippen LogP contribution in [0.4, 0.5) is 0 Å². The van der Waals surface area contributed by atoms with Crippen LogP contribution in [0.1, 0.15) is 57.7 Å². The first kappa shape index (κ1) is 22.9. The number of aromatic nitrogens is 1. The van der Waals surface area contributed by atoms with Gasteiger partial charge in [-0.15, -0.1) is 11.3 Å². The highest BCUT2D eigenvalue weighted by Crippen LogP contribution is 2.27. The maximum absolute atomic E-state index is 4.81. The maximum Gasteiger partial charge on any atom is 0.0982 e. The molecule has 0 aliphatic rings. The van der Waals surface area contributed by atoms with Gasteiger partial charge in [0.05, 0.1) is 15.2 Å². The van der Waals surface area contributed by atoms with Crippen LogP contribution in [0.5, 0.6) is 0 Å². The van der Waals surface area contributed by atoms with Gasteiger partial charge in [-0.2, -0.15) is 0 Å². The number of hydrogen-bond donors (Lipinski definition) is 0. The first-order chi connectivity index (χ1) is 13.3. The van der Waals surface area contributed by atoms with Gasteiger partial charge in [0.25, 0.3) is 0 Å². The van der Waals surface area contributed by atoms with E-state index in [1.165, 1.54) is 31.6 Å². The van der Waals surface area contributed by atoms with E-state index in [0.29, 0.717) is 0 Å². The van der Waals surface area contributed by atoms with E-state index in [-0.39, 0.29) is 0 Å². The second kappa shape index (κ2) is 12.2. The molecule has 4 rings (SSSR count). The molecule has 1 heterocycles. The lowest BCUT2D eigenvalue weighted by Crippen LogP contribution is -1.87. The normalized spacial score (nSPS) is 9.44. The Morgan fingerprint density at radius 2 is 1.41 bits per heavy atom. The molecule has 27 heavy (non-hydrogen) atoms. The Bertz CT molecular complexity index is 937. The Kier molecular flexibility index (Phi) is 10.4. The minimum absolute atomic E-state index is 0.906. The molecule has 1 nitrogen and oxygen atoms in total. The molecule has 0 fully saturated rings. The van der Waals surface area contributed by atoms with E-state index < -0.39 is 0 Å². The van der Waals surface area contributed by atoms with Crippen LogP contribution in [0.25, 0.3) is 21.0 Å². The Hall–Kier alpha value is -2.19. The van der Waals surface area contributed by atoms with Crippen LogP contribution >= 0.6 is 11.3 Å². The van der Waals surface area contributed by atoms with Gasteiger partial charge in [0, 0.05) is 6.42 Å². The molecule has 0 unspecified atom stereocenters. The highest BCUT2D eigenvalue weighted by molar-refractivity contribution is 7.18. The lowest BCUT2D eigenvalue weighted by molar-refractivity contribution is 1.16. The van der Waals surface area contributed by atoms with E-state index in [1.54, 1.807) is 11.3 Å². The largest absolute Gasteiger partial charge is 0.241 e. The van der Waals surface area contributed by atoms with Gasteiger partial charge in [0.15, 0.2) is 0 Å². The third kappa shape index (κ3) is 5.90. The molecule has 0 amide bonds. The minimum Gasteiger partial charge on any atom is -0.241 e. The summed E-state index contributed by atoms with van der Waals surface area (Å²) in [6.07, 6.45) is 0.906. The number of rotatable bonds is 2. The van der Waals surface area contributed by atoms with Crippen LogP contribution in [0.15, 0.2) is 60.7 Å². The Morgan fingerprint density at radius 1 is 0.741 bits per heavy atom. The summed E-state index contributed by atoms with van der Waals surface area (Å²) in [6, 6.07) is 21.6. The van der Waals surface area contributed by atoms with Crippen molar-refractivity contribution in [3.63, 3.8) is 0 Å². The quantitative estimate of drug-likeness (QED) is 0.340. The van der Waals surface area contributed by atoms with Gasteiger partial charge < -0.3 is 0 Å². The van der Waals surface area contributed by atoms with Crippen molar-refractivity contribution in [2.45, 2.75) is 54.9 Å². The number of thiazole rings is 1. The van der Waals surface area contributed by atoms with Crippen LogP contribution in [0.2, 0.25) is 0 Å². The van der Waals surface area contributed by atoms with Crippen LogP contribution in [0.3, 0.4) is 0 Å². The molecule has 0 atom stereocenters. The van der Waals surface area contributed by atoms with Crippen molar-refractivity contribution in [3.8, 4) is 0 Å². The fourth-order valence-corrected chi connectivity index (χ4v) is 3.81. The predicted octanol–water partition coefficient (Wildman–Crippen LogP) is 8.43. The van der Waals surface area contributed by atoms with Crippen LogP contribution < -0.4 is 0 Å². The summed E-state index contributed by atoms with van der Waals surface area (Å²) in [5, 5.41) is 3.78. The topological polar surface area (TPSA) is 12.9 Å². The fourth-order valence-electron chi connectivity index (χ4n) is 2.73. The van der Waals surface area contributed by atoms with Gasteiger partial charge in [-0.05, 0) is 34.9 Å². The number of aryl methyl sites for hydroxylation is 1. The van der Waals surface area contributed by atoms with Gasteiger partial charge in [-0.1, -0.05) is 96.1 Å². The summed E-state index contributed by atoms with van der Waals surface area (Å²) in [4.78, 5) is 4.81. The monoisotopic (exact) mass is 379 g/mol. The van der Waals surface area contributed by atoms with E-state index in [0.717, 1.165) is 11.9 Å². The van der Waals surface area contributed by atoms with E-state index in [9.17, 15) is 0 Å². The van der Waals surface area contributed by atoms with Crippen LogP contribution in [-0.4, -0.2) is 4.98 Å². The summed E-state index contributed by atoms with van der Waals surface area (Å²) >= 11 is 1.80. The second-order valence-corrected chi connectivity index (χ2v) is 6.50. The molecule has 0 saturated carbocycles. The average molecular weight is 380 g/mol. The van der Waals surface area contributed by atoms with Crippen molar-refractivity contribution in [1.29, 1.82) is 0 Å². The predicted molar refractivity (Wildman–Crippen MR) is 125 cm³/mol. The van der Waals surface area contributed by atoms with Gasteiger partial charge in [0.2, 0.25) is 0 Å². The molecule has 0 N–H and O–H groups in total. The summed E-state index contributed by atoms with van der Waals surface area (Å²) < 4.78 is 1.28. The van der Waals surface area contributed by atoms with Crippen molar-refractivity contribution >= 4 is 32.3 Å². The van der Waals surface area contributed by atoms with Gasteiger partial charge in [-0.3, -0.25) is 0 Å². The third-order valence-corrected chi connectivity index (χ3v) is 4.85. The van der Waals surface area contributed by atoms with Crippen molar-refractivity contribution in [3.05, 3.63) is 76.8 Å². The molecular formula is C25H33NS. The van der Waals surface area contributed by atoms with E-state index in [1.807, 2.05) is 41.5 Å². The standard InChI is InChI=1S/C19H15NS.3C2H6/c1-13-5-4-8-17-19(13)20-18(21-17)12-14-9-10-15-6-2-3-7-16(15)11-14;3*1-2/h2-11H,12H2,1H3;3*1-2H3. The van der Waals surface area contributed by atoms with Gasteiger partial charge in [-0.25, -0.2) is 4.98 Å². The Morgan fingerprint density at radius 3 is 2.07 bits per heavy atom. The number of benzene rings is 3. The van der Waals surface area contributed by atoms with Crippen molar-refractivity contribution in [2.24, 2.45) is 0 Å². The number of hydrogen-bond acceptors (Lipinski definition) is 2. The number of para-hydroxylation sites is 1. The summed E-state index contributed by atoms with van der Waals surface area (Å²) in [6.45, 7) is 14.1. The van der Waals surface area contributed by atoms with Crippen molar-refractivity contribution < 1.29 is 0 Å². The van der Waals surface area contributed by atoms with Crippen LogP contribution in [0, 0.1) is 6.92 Å². The van der Waals surface area contributed by atoms with Gasteiger partial charge >= 0.3 is 0 Å².